The summed E-state index contributed by atoms with van der Waals surface area (Å²) in [6.45, 7) is 5.86. The Hall–Kier alpha value is -3.27. The molecular formula is C28H34N4O5. The Morgan fingerprint density at radius 3 is 2.57 bits per heavy atom. The molecule has 2 saturated heterocycles. The Kier molecular flexibility index (Phi) is 7.83. The van der Waals surface area contributed by atoms with E-state index in [9.17, 15) is 14.4 Å². The lowest BCUT2D eigenvalue weighted by Crippen LogP contribution is -2.42. The van der Waals surface area contributed by atoms with Crippen LogP contribution in [0.5, 0.6) is 5.75 Å². The summed E-state index contributed by atoms with van der Waals surface area (Å²) in [4.78, 5) is 41.4. The van der Waals surface area contributed by atoms with Crippen LogP contribution in [0.1, 0.15) is 47.1 Å². The molecule has 9 heteroatoms. The van der Waals surface area contributed by atoms with Crippen LogP contribution in [0.25, 0.3) is 0 Å². The van der Waals surface area contributed by atoms with E-state index >= 15 is 0 Å². The van der Waals surface area contributed by atoms with E-state index in [1.807, 2.05) is 12.1 Å². The fourth-order valence-corrected chi connectivity index (χ4v) is 5.24. The predicted molar refractivity (Wildman–Crippen MR) is 136 cm³/mol. The first kappa shape index (κ1) is 25.4. The molecule has 0 unspecified atom stereocenters. The number of hydrogen-bond acceptors (Lipinski definition) is 7. The molecule has 3 aliphatic rings. The molecule has 3 heterocycles. The summed E-state index contributed by atoms with van der Waals surface area (Å²) in [5, 5.41) is 2.34. The second kappa shape index (κ2) is 11.4. The molecule has 196 valence electrons. The van der Waals surface area contributed by atoms with Gasteiger partial charge in [-0.05, 0) is 29.5 Å². The van der Waals surface area contributed by atoms with Gasteiger partial charge in [0.15, 0.2) is 0 Å². The number of morpholine rings is 1. The Balaban J connectivity index is 1.25. The highest BCUT2D eigenvalue weighted by molar-refractivity contribution is 6.07. The van der Waals surface area contributed by atoms with Gasteiger partial charge >= 0.3 is 0 Å². The minimum Gasteiger partial charge on any atom is -0.488 e. The quantitative estimate of drug-likeness (QED) is 0.435. The molecule has 0 spiro atoms. The summed E-state index contributed by atoms with van der Waals surface area (Å²) >= 11 is 0. The van der Waals surface area contributed by atoms with Crippen LogP contribution in [0.4, 0.5) is 0 Å². The summed E-state index contributed by atoms with van der Waals surface area (Å²) in [7, 11) is 0. The van der Waals surface area contributed by atoms with E-state index in [1.54, 1.807) is 4.90 Å². The van der Waals surface area contributed by atoms with E-state index < -0.39 is 11.8 Å². The molecule has 0 aromatic heterocycles. The van der Waals surface area contributed by atoms with Gasteiger partial charge in [0.05, 0.1) is 19.8 Å². The van der Waals surface area contributed by atoms with Gasteiger partial charge in [-0.1, -0.05) is 36.4 Å². The average Bonchev–Trinajstić information content (AvgIpc) is 3.27. The molecule has 0 radical (unpaired) electrons. The molecule has 2 fully saturated rings. The number of hydrogen-bond donors (Lipinski definition) is 2. The maximum absolute atomic E-state index is 13.2. The van der Waals surface area contributed by atoms with Crippen LogP contribution in [-0.2, 0) is 51.9 Å². The van der Waals surface area contributed by atoms with Gasteiger partial charge in [-0.3, -0.25) is 24.6 Å². The molecule has 37 heavy (non-hydrogen) atoms. The van der Waals surface area contributed by atoms with E-state index in [4.69, 9.17) is 15.2 Å². The SMILES string of the molecule is NCc1ccc2c(c1OCc1ccc(CN3CCOCC3)cc1)CN(C(=O)[C@H]1CCCC(=O)NC1=O)C2. The number of rotatable bonds is 7. The van der Waals surface area contributed by atoms with Gasteiger partial charge in [-0.25, -0.2) is 0 Å². The first-order valence-corrected chi connectivity index (χ1v) is 13.0. The van der Waals surface area contributed by atoms with Crippen molar-refractivity contribution in [2.75, 3.05) is 26.3 Å². The van der Waals surface area contributed by atoms with Crippen LogP contribution >= 0.6 is 0 Å². The molecule has 2 aromatic rings. The first-order valence-electron chi connectivity index (χ1n) is 13.0. The lowest BCUT2D eigenvalue weighted by molar-refractivity contribution is -0.143. The van der Waals surface area contributed by atoms with E-state index in [1.165, 1.54) is 5.56 Å². The van der Waals surface area contributed by atoms with Crippen molar-refractivity contribution in [2.24, 2.45) is 11.7 Å². The van der Waals surface area contributed by atoms with Crippen LogP contribution in [0.3, 0.4) is 0 Å². The number of fused-ring (bicyclic) bond motifs is 1. The van der Waals surface area contributed by atoms with Crippen LogP contribution in [0.2, 0.25) is 0 Å². The summed E-state index contributed by atoms with van der Waals surface area (Å²) in [5.74, 6) is -1.19. The van der Waals surface area contributed by atoms with Crippen LogP contribution in [0, 0.1) is 5.92 Å². The highest BCUT2D eigenvalue weighted by Crippen LogP contribution is 2.36. The molecule has 3 N–H and O–H groups in total. The van der Waals surface area contributed by atoms with Gasteiger partial charge in [0.25, 0.3) is 0 Å². The number of amides is 3. The van der Waals surface area contributed by atoms with Gasteiger partial charge < -0.3 is 20.1 Å². The number of ether oxygens (including phenoxy) is 2. The predicted octanol–water partition coefficient (Wildman–Crippen LogP) is 1.84. The normalized spacial score (nSPS) is 20.4. The van der Waals surface area contributed by atoms with Crippen molar-refractivity contribution < 1.29 is 23.9 Å². The van der Waals surface area contributed by atoms with Crippen molar-refractivity contribution in [1.82, 2.24) is 15.1 Å². The van der Waals surface area contributed by atoms with Crippen LogP contribution in [0.15, 0.2) is 36.4 Å². The van der Waals surface area contributed by atoms with Gasteiger partial charge in [0, 0.05) is 50.3 Å². The minimum atomic E-state index is -0.838. The van der Waals surface area contributed by atoms with Gasteiger partial charge in [0.2, 0.25) is 17.7 Å². The summed E-state index contributed by atoms with van der Waals surface area (Å²) in [6, 6.07) is 12.4. The lowest BCUT2D eigenvalue weighted by Gasteiger charge is -2.26. The molecule has 3 aliphatic heterocycles. The molecule has 5 rings (SSSR count). The number of carbonyl (C=O) groups excluding carboxylic acids is 3. The third kappa shape index (κ3) is 5.84. The topological polar surface area (TPSA) is 114 Å². The maximum atomic E-state index is 13.2. The molecule has 0 saturated carbocycles. The highest BCUT2D eigenvalue weighted by atomic mass is 16.5. The smallest absolute Gasteiger partial charge is 0.239 e. The van der Waals surface area contributed by atoms with Gasteiger partial charge in [-0.2, -0.15) is 0 Å². The summed E-state index contributed by atoms with van der Waals surface area (Å²) in [6.07, 6.45) is 1.16. The zero-order valence-corrected chi connectivity index (χ0v) is 21.0. The van der Waals surface area contributed by atoms with E-state index in [0.717, 1.165) is 55.1 Å². The second-order valence-electron chi connectivity index (χ2n) is 9.94. The van der Waals surface area contributed by atoms with E-state index in [0.29, 0.717) is 44.8 Å². The molecule has 3 amide bonds. The van der Waals surface area contributed by atoms with Gasteiger partial charge in [-0.15, -0.1) is 0 Å². The first-order chi connectivity index (χ1) is 18.0. The fourth-order valence-electron chi connectivity index (χ4n) is 5.24. The lowest BCUT2D eigenvalue weighted by atomic mass is 10.0. The molecule has 0 aliphatic carbocycles. The second-order valence-corrected chi connectivity index (χ2v) is 9.94. The Morgan fingerprint density at radius 2 is 1.81 bits per heavy atom. The van der Waals surface area contributed by atoms with Crippen molar-refractivity contribution in [2.45, 2.75) is 52.0 Å². The van der Waals surface area contributed by atoms with Gasteiger partial charge in [0.1, 0.15) is 18.3 Å². The summed E-state index contributed by atoms with van der Waals surface area (Å²) in [5.41, 5.74) is 11.1. The number of carbonyl (C=O) groups is 3. The highest BCUT2D eigenvalue weighted by Gasteiger charge is 2.36. The fraction of sp³-hybridized carbons (Fsp3) is 0.464. The summed E-state index contributed by atoms with van der Waals surface area (Å²) < 4.78 is 11.7. The van der Waals surface area contributed by atoms with Crippen molar-refractivity contribution in [1.29, 1.82) is 0 Å². The van der Waals surface area contributed by atoms with Crippen molar-refractivity contribution in [3.63, 3.8) is 0 Å². The maximum Gasteiger partial charge on any atom is 0.239 e. The number of imide groups is 1. The Labute approximate surface area is 216 Å². The monoisotopic (exact) mass is 506 g/mol. The number of nitrogens with zero attached hydrogens (tertiary/aromatic N) is 2. The number of nitrogens with two attached hydrogens (primary N) is 1. The average molecular weight is 507 g/mol. The molecular weight excluding hydrogens is 472 g/mol. The van der Waals surface area contributed by atoms with Crippen molar-refractivity contribution in [3.05, 3.63) is 64.2 Å². The van der Waals surface area contributed by atoms with Crippen molar-refractivity contribution >= 4 is 17.7 Å². The molecule has 1 atom stereocenters. The van der Waals surface area contributed by atoms with E-state index in [2.05, 4.69) is 34.5 Å². The Bertz CT molecular complexity index is 1160. The minimum absolute atomic E-state index is 0.250. The molecule has 2 aromatic carbocycles. The third-order valence-electron chi connectivity index (χ3n) is 7.37. The Morgan fingerprint density at radius 1 is 1.05 bits per heavy atom. The zero-order valence-electron chi connectivity index (χ0n) is 21.0. The standard InChI is InChI=1S/C28H34N4O5/c29-14-21-8-9-22-16-32(28(35)23-2-1-3-25(33)30-27(23)34)17-24(22)26(21)37-18-20-6-4-19(5-7-20)15-31-10-12-36-13-11-31/h4-9,23H,1-3,10-18,29H2,(H,30,33,34)/t23-/m0/s1. The van der Waals surface area contributed by atoms with Crippen LogP contribution in [-0.4, -0.2) is 53.8 Å². The molecule has 9 nitrogen and oxygen atoms in total. The third-order valence-corrected chi connectivity index (χ3v) is 7.37. The van der Waals surface area contributed by atoms with Crippen LogP contribution < -0.4 is 15.8 Å². The van der Waals surface area contributed by atoms with E-state index in [-0.39, 0.29) is 18.2 Å². The largest absolute Gasteiger partial charge is 0.488 e. The zero-order chi connectivity index (χ0) is 25.8. The number of benzene rings is 2. The number of nitrogens with one attached hydrogen (secondary N) is 1. The van der Waals surface area contributed by atoms with Crippen molar-refractivity contribution in [3.8, 4) is 5.75 Å². The molecule has 0 bridgehead atoms.